The van der Waals surface area contributed by atoms with Crippen LogP contribution in [0.4, 0.5) is 18.9 Å². The second kappa shape index (κ2) is 5.68. The molecule has 2 aromatic rings. The molecule has 5 heteroatoms. The predicted molar refractivity (Wildman–Crippen MR) is 76.1 cm³/mol. The van der Waals surface area contributed by atoms with Crippen LogP contribution in [0.25, 0.3) is 0 Å². The van der Waals surface area contributed by atoms with Gasteiger partial charge in [-0.15, -0.1) is 0 Å². The van der Waals surface area contributed by atoms with Crippen molar-refractivity contribution in [3.8, 4) is 5.75 Å². The third-order valence-electron chi connectivity index (χ3n) is 3.27. The minimum atomic E-state index is -4.49. The molecule has 0 aliphatic rings. The molecule has 0 heterocycles. The molecule has 0 bridgehead atoms. The minimum absolute atomic E-state index is 0.146. The first-order valence-electron chi connectivity index (χ1n) is 6.48. The van der Waals surface area contributed by atoms with Gasteiger partial charge in [-0.2, -0.15) is 13.2 Å². The molecule has 0 amide bonds. The highest BCUT2D eigenvalue weighted by Crippen LogP contribution is 2.36. The summed E-state index contributed by atoms with van der Waals surface area (Å²) >= 11 is 0. The number of alkyl halides is 3. The second-order valence-electron chi connectivity index (χ2n) is 4.86. The van der Waals surface area contributed by atoms with E-state index in [0.29, 0.717) is 0 Å². The summed E-state index contributed by atoms with van der Waals surface area (Å²) in [5, 5.41) is 0. The Hall–Kier alpha value is -2.17. The number of rotatable bonds is 3. The van der Waals surface area contributed by atoms with Crippen LogP contribution in [0.1, 0.15) is 29.7 Å². The topological polar surface area (TPSA) is 35.2 Å². The lowest BCUT2D eigenvalue weighted by Gasteiger charge is -2.18. The quantitative estimate of drug-likeness (QED) is 0.830. The molecule has 0 saturated carbocycles. The van der Waals surface area contributed by atoms with Crippen LogP contribution in [0.15, 0.2) is 42.5 Å². The molecular formula is C16H16F3NO. The number of benzene rings is 2. The molecule has 2 N–H and O–H groups in total. The molecule has 1 atom stereocenters. The lowest BCUT2D eigenvalue weighted by Crippen LogP contribution is -2.10. The summed E-state index contributed by atoms with van der Waals surface area (Å²) in [5.74, 6) is 0.146. The second-order valence-corrected chi connectivity index (χ2v) is 4.86. The lowest BCUT2D eigenvalue weighted by atomic mass is 10.0. The average molecular weight is 295 g/mol. The predicted octanol–water partition coefficient (Wildman–Crippen LogP) is 4.74. The van der Waals surface area contributed by atoms with Crippen LogP contribution in [-0.4, -0.2) is 0 Å². The van der Waals surface area contributed by atoms with E-state index in [1.165, 1.54) is 12.1 Å². The summed E-state index contributed by atoms with van der Waals surface area (Å²) in [5.41, 5.74) is 6.14. The van der Waals surface area contributed by atoms with Crippen molar-refractivity contribution in [2.24, 2.45) is 0 Å². The van der Waals surface area contributed by atoms with E-state index >= 15 is 0 Å². The summed E-state index contributed by atoms with van der Waals surface area (Å²) < 4.78 is 44.1. The van der Waals surface area contributed by atoms with Crippen molar-refractivity contribution in [3.05, 3.63) is 59.2 Å². The Labute approximate surface area is 121 Å². The molecule has 2 aromatic carbocycles. The Morgan fingerprint density at radius 2 is 1.76 bits per heavy atom. The normalized spacial score (nSPS) is 13.0. The van der Waals surface area contributed by atoms with Crippen molar-refractivity contribution in [1.29, 1.82) is 0 Å². The molecular weight excluding hydrogens is 279 g/mol. The number of nitrogen functional groups attached to an aromatic ring is 1. The third kappa shape index (κ3) is 3.48. The van der Waals surface area contributed by atoms with E-state index in [1.807, 2.05) is 31.2 Å². The number of nitrogens with two attached hydrogens (primary N) is 1. The Morgan fingerprint density at radius 3 is 2.38 bits per heavy atom. The van der Waals surface area contributed by atoms with Gasteiger partial charge in [0, 0.05) is 5.69 Å². The number of aryl methyl sites for hydroxylation is 1. The standard InChI is InChI=1S/C16H16F3NO/c1-10-5-3-4-6-13(10)11(2)21-12-7-8-15(20)14(9-12)16(17,18)19/h3-9,11H,20H2,1-2H3. The Bertz CT molecular complexity index is 638. The zero-order valence-corrected chi connectivity index (χ0v) is 11.7. The van der Waals surface area contributed by atoms with Gasteiger partial charge in [0.15, 0.2) is 0 Å². The van der Waals surface area contributed by atoms with Gasteiger partial charge in [-0.1, -0.05) is 24.3 Å². The van der Waals surface area contributed by atoms with Crippen LogP contribution < -0.4 is 10.5 Å². The van der Waals surface area contributed by atoms with E-state index in [9.17, 15) is 13.2 Å². The van der Waals surface area contributed by atoms with Gasteiger partial charge < -0.3 is 10.5 Å². The number of hydrogen-bond donors (Lipinski definition) is 1. The van der Waals surface area contributed by atoms with Gasteiger partial charge in [0.2, 0.25) is 0 Å². The molecule has 0 fully saturated rings. The minimum Gasteiger partial charge on any atom is -0.486 e. The molecule has 21 heavy (non-hydrogen) atoms. The molecule has 0 aromatic heterocycles. The zero-order chi connectivity index (χ0) is 15.6. The van der Waals surface area contributed by atoms with Crippen LogP contribution in [0, 0.1) is 6.92 Å². The summed E-state index contributed by atoms with van der Waals surface area (Å²) in [6.07, 6.45) is -4.84. The molecule has 0 aliphatic carbocycles. The lowest BCUT2D eigenvalue weighted by molar-refractivity contribution is -0.137. The number of anilines is 1. The highest BCUT2D eigenvalue weighted by atomic mass is 19.4. The van der Waals surface area contributed by atoms with Gasteiger partial charge in [0.25, 0.3) is 0 Å². The molecule has 112 valence electrons. The first kappa shape index (κ1) is 15.2. The van der Waals surface area contributed by atoms with Crippen molar-refractivity contribution >= 4 is 5.69 Å². The smallest absolute Gasteiger partial charge is 0.418 e. The number of ether oxygens (including phenoxy) is 1. The van der Waals surface area contributed by atoms with Crippen molar-refractivity contribution in [2.45, 2.75) is 26.1 Å². The van der Waals surface area contributed by atoms with Gasteiger partial charge in [-0.3, -0.25) is 0 Å². The summed E-state index contributed by atoms with van der Waals surface area (Å²) in [7, 11) is 0. The van der Waals surface area contributed by atoms with Crippen molar-refractivity contribution in [1.82, 2.24) is 0 Å². The van der Waals surface area contributed by atoms with Gasteiger partial charge in [0.1, 0.15) is 11.9 Å². The van der Waals surface area contributed by atoms with E-state index in [1.54, 1.807) is 6.92 Å². The fourth-order valence-electron chi connectivity index (χ4n) is 2.16. The van der Waals surface area contributed by atoms with E-state index in [-0.39, 0.29) is 17.5 Å². The summed E-state index contributed by atoms with van der Waals surface area (Å²) in [4.78, 5) is 0. The van der Waals surface area contributed by atoms with Crippen molar-refractivity contribution in [2.75, 3.05) is 5.73 Å². The van der Waals surface area contributed by atoms with E-state index in [4.69, 9.17) is 10.5 Å². The van der Waals surface area contributed by atoms with E-state index in [0.717, 1.165) is 17.2 Å². The molecule has 0 aliphatic heterocycles. The van der Waals surface area contributed by atoms with Crippen molar-refractivity contribution < 1.29 is 17.9 Å². The monoisotopic (exact) mass is 295 g/mol. The molecule has 0 spiro atoms. The number of hydrogen-bond acceptors (Lipinski definition) is 2. The molecule has 2 rings (SSSR count). The maximum absolute atomic E-state index is 12.8. The third-order valence-corrected chi connectivity index (χ3v) is 3.27. The largest absolute Gasteiger partial charge is 0.486 e. The fourth-order valence-corrected chi connectivity index (χ4v) is 2.16. The summed E-state index contributed by atoms with van der Waals surface area (Å²) in [6, 6.07) is 11.2. The maximum Gasteiger partial charge on any atom is 0.418 e. The Kier molecular flexibility index (Phi) is 4.11. The number of halogens is 3. The van der Waals surface area contributed by atoms with Crippen LogP contribution in [0.3, 0.4) is 0 Å². The zero-order valence-electron chi connectivity index (χ0n) is 11.7. The molecule has 1 unspecified atom stereocenters. The van der Waals surface area contributed by atoms with E-state index < -0.39 is 11.7 Å². The Balaban J connectivity index is 2.26. The van der Waals surface area contributed by atoms with Crippen LogP contribution in [0.5, 0.6) is 5.75 Å². The molecule has 2 nitrogen and oxygen atoms in total. The first-order chi connectivity index (χ1) is 9.79. The van der Waals surface area contributed by atoms with Crippen LogP contribution in [0.2, 0.25) is 0 Å². The summed E-state index contributed by atoms with van der Waals surface area (Å²) in [6.45, 7) is 3.73. The fraction of sp³-hybridized carbons (Fsp3) is 0.250. The van der Waals surface area contributed by atoms with E-state index in [2.05, 4.69) is 0 Å². The van der Waals surface area contributed by atoms with Gasteiger partial charge in [-0.25, -0.2) is 0 Å². The van der Waals surface area contributed by atoms with Crippen LogP contribution in [-0.2, 0) is 6.18 Å². The van der Waals surface area contributed by atoms with Gasteiger partial charge in [0.05, 0.1) is 5.56 Å². The van der Waals surface area contributed by atoms with Crippen LogP contribution >= 0.6 is 0 Å². The highest BCUT2D eigenvalue weighted by Gasteiger charge is 2.33. The highest BCUT2D eigenvalue weighted by molar-refractivity contribution is 5.52. The van der Waals surface area contributed by atoms with Gasteiger partial charge >= 0.3 is 6.18 Å². The first-order valence-corrected chi connectivity index (χ1v) is 6.48. The average Bonchev–Trinajstić information content (AvgIpc) is 2.40. The SMILES string of the molecule is Cc1ccccc1C(C)Oc1ccc(N)c(C(F)(F)F)c1. The van der Waals surface area contributed by atoms with Crippen molar-refractivity contribution in [3.63, 3.8) is 0 Å². The molecule has 0 saturated heterocycles. The maximum atomic E-state index is 12.8. The molecule has 0 radical (unpaired) electrons. The Morgan fingerprint density at radius 1 is 1.10 bits per heavy atom. The van der Waals surface area contributed by atoms with Gasteiger partial charge in [-0.05, 0) is 43.2 Å².